The minimum absolute atomic E-state index is 0.0867. The monoisotopic (exact) mass is 390 g/mol. The molecule has 0 heterocycles. The van der Waals surface area contributed by atoms with Gasteiger partial charge in [-0.15, -0.1) is 0 Å². The fourth-order valence-electron chi connectivity index (χ4n) is 2.64. The summed E-state index contributed by atoms with van der Waals surface area (Å²) in [5.74, 6) is -1.46. The molecule has 7 nitrogen and oxygen atoms in total. The van der Waals surface area contributed by atoms with Crippen molar-refractivity contribution in [1.29, 1.82) is 0 Å². The number of hydrogen-bond donors (Lipinski definition) is 3. The van der Waals surface area contributed by atoms with E-state index in [1.54, 1.807) is 30.3 Å². The van der Waals surface area contributed by atoms with E-state index in [0.29, 0.717) is 0 Å². The molecule has 0 fully saturated rings. The summed E-state index contributed by atoms with van der Waals surface area (Å²) in [7, 11) is -3.69. The van der Waals surface area contributed by atoms with Crippen molar-refractivity contribution >= 4 is 21.9 Å². The number of aryl methyl sites for hydroxylation is 1. The number of aliphatic carboxylic acids is 1. The normalized spacial score (nSPS) is 12.3. The predicted molar refractivity (Wildman–Crippen MR) is 101 cm³/mol. The summed E-state index contributed by atoms with van der Waals surface area (Å²) in [6, 6.07) is 14.4. The van der Waals surface area contributed by atoms with Gasteiger partial charge in [0.25, 0.3) is 0 Å². The molecule has 144 valence electrons. The lowest BCUT2D eigenvalue weighted by molar-refractivity contribution is -0.137. The number of sulfonamides is 1. The summed E-state index contributed by atoms with van der Waals surface area (Å²) >= 11 is 0. The van der Waals surface area contributed by atoms with Gasteiger partial charge in [0.1, 0.15) is 0 Å². The quantitative estimate of drug-likeness (QED) is 0.606. The maximum absolute atomic E-state index is 12.2. The number of carbonyl (C=O) groups is 2. The van der Waals surface area contributed by atoms with Gasteiger partial charge in [0.2, 0.25) is 15.9 Å². The van der Waals surface area contributed by atoms with Crippen LogP contribution in [0.15, 0.2) is 59.5 Å². The van der Waals surface area contributed by atoms with Crippen LogP contribution in [0.4, 0.5) is 0 Å². The molecular weight excluding hydrogens is 368 g/mol. The van der Waals surface area contributed by atoms with Crippen LogP contribution >= 0.6 is 0 Å². The molecule has 2 aromatic rings. The Morgan fingerprint density at radius 3 is 2.30 bits per heavy atom. The van der Waals surface area contributed by atoms with Crippen LogP contribution in [-0.2, 0) is 19.6 Å². The van der Waals surface area contributed by atoms with Crippen LogP contribution in [0.3, 0.4) is 0 Å². The zero-order valence-electron chi connectivity index (χ0n) is 14.9. The van der Waals surface area contributed by atoms with E-state index in [-0.39, 0.29) is 24.3 Å². The fraction of sp³-hybridized carbons (Fsp3) is 0.263. The van der Waals surface area contributed by atoms with Crippen molar-refractivity contribution in [3.05, 3.63) is 65.7 Å². The Balaban J connectivity index is 1.96. The van der Waals surface area contributed by atoms with Gasteiger partial charge in [-0.05, 0) is 30.2 Å². The number of benzene rings is 2. The lowest BCUT2D eigenvalue weighted by Crippen LogP contribution is -2.34. The molecule has 3 N–H and O–H groups in total. The Morgan fingerprint density at radius 2 is 1.67 bits per heavy atom. The second kappa shape index (κ2) is 9.29. The van der Waals surface area contributed by atoms with Crippen molar-refractivity contribution in [2.24, 2.45) is 0 Å². The third-order valence-electron chi connectivity index (χ3n) is 3.98. The molecule has 0 bridgehead atoms. The second-order valence-electron chi connectivity index (χ2n) is 6.04. The zero-order valence-corrected chi connectivity index (χ0v) is 15.7. The Kier molecular flexibility index (Phi) is 7.09. The van der Waals surface area contributed by atoms with Crippen LogP contribution < -0.4 is 10.0 Å². The van der Waals surface area contributed by atoms with Crippen molar-refractivity contribution in [2.75, 3.05) is 6.54 Å². The van der Waals surface area contributed by atoms with E-state index in [1.165, 1.54) is 12.1 Å². The molecule has 27 heavy (non-hydrogen) atoms. The average molecular weight is 390 g/mol. The predicted octanol–water partition coefficient (Wildman–Crippen LogP) is 2.00. The summed E-state index contributed by atoms with van der Waals surface area (Å²) in [6.07, 6.45) is -0.361. The number of carboxylic acids is 1. The van der Waals surface area contributed by atoms with E-state index in [4.69, 9.17) is 5.11 Å². The van der Waals surface area contributed by atoms with E-state index in [0.717, 1.165) is 11.1 Å². The zero-order chi connectivity index (χ0) is 19.9. The van der Waals surface area contributed by atoms with Gasteiger partial charge in [0, 0.05) is 13.0 Å². The van der Waals surface area contributed by atoms with Gasteiger partial charge < -0.3 is 10.4 Å². The molecule has 0 aliphatic rings. The molecular formula is C19H22N2O5S. The SMILES string of the molecule is Cc1ccccc1C(CC(=O)O)NC(=O)CCNS(=O)(=O)c1ccccc1. The lowest BCUT2D eigenvalue weighted by Gasteiger charge is -2.19. The molecule has 2 aromatic carbocycles. The summed E-state index contributed by atoms with van der Waals surface area (Å²) in [5.41, 5.74) is 1.59. The van der Waals surface area contributed by atoms with Gasteiger partial charge in [-0.3, -0.25) is 9.59 Å². The minimum atomic E-state index is -3.69. The first-order valence-electron chi connectivity index (χ1n) is 8.41. The number of rotatable bonds is 9. The Morgan fingerprint density at radius 1 is 1.04 bits per heavy atom. The Hall–Kier alpha value is -2.71. The van der Waals surface area contributed by atoms with Gasteiger partial charge in [0.05, 0.1) is 17.4 Å². The lowest BCUT2D eigenvalue weighted by atomic mass is 9.98. The third kappa shape index (κ3) is 6.19. The van der Waals surface area contributed by atoms with Gasteiger partial charge in [-0.1, -0.05) is 42.5 Å². The molecule has 1 atom stereocenters. The standard InChI is InChI=1S/C19H22N2O5S/c1-14-7-5-6-10-16(14)17(13-19(23)24)21-18(22)11-12-20-27(25,26)15-8-3-2-4-9-15/h2-10,17,20H,11-13H2,1H3,(H,21,22)(H,23,24). The Bertz CT molecular complexity index is 897. The maximum atomic E-state index is 12.2. The highest BCUT2D eigenvalue weighted by Gasteiger charge is 2.20. The third-order valence-corrected chi connectivity index (χ3v) is 5.45. The molecule has 0 aliphatic carbocycles. The number of nitrogens with one attached hydrogen (secondary N) is 2. The number of hydrogen-bond acceptors (Lipinski definition) is 4. The van der Waals surface area contributed by atoms with Crippen LogP contribution in [0.1, 0.15) is 30.0 Å². The van der Waals surface area contributed by atoms with E-state index >= 15 is 0 Å². The summed E-state index contributed by atoms with van der Waals surface area (Å²) in [4.78, 5) is 23.5. The molecule has 1 unspecified atom stereocenters. The first kappa shape index (κ1) is 20.6. The molecule has 0 aliphatic heterocycles. The Labute approximate surface area is 158 Å². The van der Waals surface area contributed by atoms with Crippen molar-refractivity contribution in [3.63, 3.8) is 0 Å². The van der Waals surface area contributed by atoms with Crippen molar-refractivity contribution in [2.45, 2.75) is 30.7 Å². The molecule has 1 amide bonds. The molecule has 0 spiro atoms. The first-order chi connectivity index (χ1) is 12.8. The van der Waals surface area contributed by atoms with Crippen LogP contribution in [-0.4, -0.2) is 31.9 Å². The number of carboxylic acid groups (broad SMARTS) is 1. The van der Waals surface area contributed by atoms with Crippen molar-refractivity contribution < 1.29 is 23.1 Å². The molecule has 0 radical (unpaired) electrons. The minimum Gasteiger partial charge on any atom is -0.481 e. The topological polar surface area (TPSA) is 113 Å². The molecule has 8 heteroatoms. The fourth-order valence-corrected chi connectivity index (χ4v) is 3.69. The highest BCUT2D eigenvalue weighted by atomic mass is 32.2. The van der Waals surface area contributed by atoms with Crippen LogP contribution in [0.2, 0.25) is 0 Å². The molecule has 0 saturated heterocycles. The van der Waals surface area contributed by atoms with Crippen LogP contribution in [0.25, 0.3) is 0 Å². The van der Waals surface area contributed by atoms with Gasteiger partial charge in [0.15, 0.2) is 0 Å². The summed E-state index contributed by atoms with van der Waals surface area (Å²) in [6.45, 7) is 1.75. The van der Waals surface area contributed by atoms with Gasteiger partial charge in [-0.25, -0.2) is 13.1 Å². The second-order valence-corrected chi connectivity index (χ2v) is 7.80. The summed E-state index contributed by atoms with van der Waals surface area (Å²) < 4.78 is 26.6. The molecule has 0 saturated carbocycles. The number of amides is 1. The summed E-state index contributed by atoms with van der Waals surface area (Å²) in [5, 5.41) is 11.8. The van der Waals surface area contributed by atoms with Gasteiger partial charge in [-0.2, -0.15) is 0 Å². The molecule has 0 aromatic heterocycles. The van der Waals surface area contributed by atoms with Gasteiger partial charge >= 0.3 is 5.97 Å². The maximum Gasteiger partial charge on any atom is 0.305 e. The largest absolute Gasteiger partial charge is 0.481 e. The van der Waals surface area contributed by atoms with E-state index < -0.39 is 27.9 Å². The molecule has 2 rings (SSSR count). The first-order valence-corrected chi connectivity index (χ1v) is 9.89. The van der Waals surface area contributed by atoms with Crippen LogP contribution in [0.5, 0.6) is 0 Å². The van der Waals surface area contributed by atoms with Crippen molar-refractivity contribution in [1.82, 2.24) is 10.0 Å². The van der Waals surface area contributed by atoms with Crippen molar-refractivity contribution in [3.8, 4) is 0 Å². The highest BCUT2D eigenvalue weighted by Crippen LogP contribution is 2.20. The van der Waals surface area contributed by atoms with E-state index in [2.05, 4.69) is 10.0 Å². The number of carbonyl (C=O) groups excluding carboxylic acids is 1. The smallest absolute Gasteiger partial charge is 0.305 e. The van der Waals surface area contributed by atoms with Crippen LogP contribution in [0, 0.1) is 6.92 Å². The average Bonchev–Trinajstić information content (AvgIpc) is 2.62. The van der Waals surface area contributed by atoms with E-state index in [9.17, 15) is 18.0 Å². The van der Waals surface area contributed by atoms with E-state index in [1.807, 2.05) is 19.1 Å². The highest BCUT2D eigenvalue weighted by molar-refractivity contribution is 7.89.